The zero-order valence-corrected chi connectivity index (χ0v) is 15.0. The Morgan fingerprint density at radius 3 is 2.35 bits per heavy atom. The molecule has 134 valence electrons. The number of carbonyl (C=O) groups is 2. The highest BCUT2D eigenvalue weighted by Crippen LogP contribution is 2.33. The van der Waals surface area contributed by atoms with Gasteiger partial charge in [0, 0.05) is 5.56 Å². The molecule has 5 nitrogen and oxygen atoms in total. The first-order valence-electron chi connectivity index (χ1n) is 8.57. The van der Waals surface area contributed by atoms with E-state index in [1.165, 1.54) is 0 Å². The fraction of sp³-hybridized carbons (Fsp3) is 0.286. The fourth-order valence-electron chi connectivity index (χ4n) is 2.97. The Kier molecular flexibility index (Phi) is 6.51. The number of nitrogens with zero attached hydrogens (tertiary/aromatic N) is 1. The number of nitrogens with two attached hydrogens (primary N) is 1. The standard InChI is InChI=1S/C21H23N3O2/c1-14(2)13-19(21(26)24-12-11-22)18-6-4-3-5-17(18)15-7-9-16(10-8-15)20(23)25/h3-10,14,19H,12-13H2,1-2H3,(H2,23,25)(H,24,26). The molecule has 3 N–H and O–H groups in total. The van der Waals surface area contributed by atoms with Crippen molar-refractivity contribution in [2.75, 3.05) is 6.54 Å². The largest absolute Gasteiger partial charge is 0.366 e. The van der Waals surface area contributed by atoms with Gasteiger partial charge in [-0.2, -0.15) is 5.26 Å². The highest BCUT2D eigenvalue weighted by atomic mass is 16.2. The first-order chi connectivity index (χ1) is 12.4. The van der Waals surface area contributed by atoms with Crippen molar-refractivity contribution in [3.63, 3.8) is 0 Å². The van der Waals surface area contributed by atoms with Crippen molar-refractivity contribution >= 4 is 11.8 Å². The molecule has 26 heavy (non-hydrogen) atoms. The van der Waals surface area contributed by atoms with Crippen LogP contribution in [0.25, 0.3) is 11.1 Å². The second kappa shape index (κ2) is 8.82. The molecule has 0 aliphatic rings. The smallest absolute Gasteiger partial charge is 0.248 e. The van der Waals surface area contributed by atoms with E-state index in [1.54, 1.807) is 12.1 Å². The third kappa shape index (κ3) is 4.70. The van der Waals surface area contributed by atoms with Crippen LogP contribution in [0.2, 0.25) is 0 Å². The molecule has 0 saturated heterocycles. The van der Waals surface area contributed by atoms with Gasteiger partial charge in [0.2, 0.25) is 11.8 Å². The lowest BCUT2D eigenvalue weighted by Gasteiger charge is -2.21. The van der Waals surface area contributed by atoms with Crippen molar-refractivity contribution in [2.45, 2.75) is 26.2 Å². The molecular weight excluding hydrogens is 326 g/mol. The van der Waals surface area contributed by atoms with Gasteiger partial charge in [-0.3, -0.25) is 9.59 Å². The summed E-state index contributed by atoms with van der Waals surface area (Å²) >= 11 is 0. The van der Waals surface area contributed by atoms with Crippen molar-refractivity contribution < 1.29 is 9.59 Å². The van der Waals surface area contributed by atoms with Gasteiger partial charge >= 0.3 is 0 Å². The minimum absolute atomic E-state index is 0.0110. The van der Waals surface area contributed by atoms with Crippen molar-refractivity contribution in [2.24, 2.45) is 11.7 Å². The molecule has 0 aliphatic heterocycles. The second-order valence-corrected chi connectivity index (χ2v) is 6.59. The number of hydrogen-bond donors (Lipinski definition) is 2. The van der Waals surface area contributed by atoms with E-state index in [0.717, 1.165) is 16.7 Å². The second-order valence-electron chi connectivity index (χ2n) is 6.59. The van der Waals surface area contributed by atoms with E-state index in [2.05, 4.69) is 19.2 Å². The minimum atomic E-state index is -0.474. The van der Waals surface area contributed by atoms with Crippen LogP contribution < -0.4 is 11.1 Å². The zero-order chi connectivity index (χ0) is 19.1. The SMILES string of the molecule is CC(C)CC(C(=O)NCC#N)c1ccccc1-c1ccc(C(N)=O)cc1. The van der Waals surface area contributed by atoms with E-state index in [0.29, 0.717) is 17.9 Å². The number of carbonyl (C=O) groups excluding carboxylic acids is 2. The van der Waals surface area contributed by atoms with Crippen LogP contribution in [-0.4, -0.2) is 18.4 Å². The van der Waals surface area contributed by atoms with E-state index in [9.17, 15) is 9.59 Å². The molecule has 1 atom stereocenters. The molecule has 2 amide bonds. The maximum Gasteiger partial charge on any atom is 0.248 e. The fourth-order valence-corrected chi connectivity index (χ4v) is 2.97. The molecule has 2 aromatic carbocycles. The van der Waals surface area contributed by atoms with Gasteiger partial charge in [-0.15, -0.1) is 0 Å². The molecule has 5 heteroatoms. The summed E-state index contributed by atoms with van der Waals surface area (Å²) in [5, 5.41) is 11.4. The maximum absolute atomic E-state index is 12.6. The molecule has 2 aromatic rings. The number of nitriles is 1. The molecular formula is C21H23N3O2. The van der Waals surface area contributed by atoms with Crippen molar-refractivity contribution in [3.05, 3.63) is 59.7 Å². The van der Waals surface area contributed by atoms with Crippen LogP contribution in [0.5, 0.6) is 0 Å². The average molecular weight is 349 g/mol. The Morgan fingerprint density at radius 1 is 1.12 bits per heavy atom. The molecule has 0 fully saturated rings. The highest BCUT2D eigenvalue weighted by Gasteiger charge is 2.24. The van der Waals surface area contributed by atoms with Gasteiger partial charge < -0.3 is 11.1 Å². The lowest BCUT2D eigenvalue weighted by atomic mass is 9.84. The molecule has 0 heterocycles. The minimum Gasteiger partial charge on any atom is -0.366 e. The van der Waals surface area contributed by atoms with Crippen LogP contribution in [0.3, 0.4) is 0 Å². The Hall–Kier alpha value is -3.13. The summed E-state index contributed by atoms with van der Waals surface area (Å²) in [4.78, 5) is 23.9. The van der Waals surface area contributed by atoms with E-state index in [4.69, 9.17) is 11.0 Å². The van der Waals surface area contributed by atoms with Crippen LogP contribution >= 0.6 is 0 Å². The molecule has 2 rings (SSSR count). The van der Waals surface area contributed by atoms with Crippen LogP contribution in [-0.2, 0) is 4.79 Å². The zero-order valence-electron chi connectivity index (χ0n) is 15.0. The summed E-state index contributed by atoms with van der Waals surface area (Å²) in [7, 11) is 0. The average Bonchev–Trinajstić information content (AvgIpc) is 2.64. The van der Waals surface area contributed by atoms with Crippen LogP contribution in [0.1, 0.15) is 42.1 Å². The normalized spacial score (nSPS) is 11.6. The Morgan fingerprint density at radius 2 is 1.77 bits per heavy atom. The number of hydrogen-bond acceptors (Lipinski definition) is 3. The van der Waals surface area contributed by atoms with Gasteiger partial charge in [0.25, 0.3) is 0 Å². The van der Waals surface area contributed by atoms with Gasteiger partial charge in [-0.05, 0) is 41.2 Å². The summed E-state index contributed by atoms with van der Waals surface area (Å²) in [5.41, 5.74) is 8.49. The summed E-state index contributed by atoms with van der Waals surface area (Å²) < 4.78 is 0. The lowest BCUT2D eigenvalue weighted by molar-refractivity contribution is -0.122. The van der Waals surface area contributed by atoms with Crippen LogP contribution in [0.4, 0.5) is 0 Å². The van der Waals surface area contributed by atoms with Gasteiger partial charge in [0.05, 0.1) is 12.0 Å². The molecule has 0 aromatic heterocycles. The van der Waals surface area contributed by atoms with Crippen molar-refractivity contribution in [1.29, 1.82) is 5.26 Å². The quantitative estimate of drug-likeness (QED) is 0.751. The van der Waals surface area contributed by atoms with Crippen molar-refractivity contribution in [3.8, 4) is 17.2 Å². The van der Waals surface area contributed by atoms with E-state index in [1.807, 2.05) is 42.5 Å². The lowest BCUT2D eigenvalue weighted by Crippen LogP contribution is -2.30. The van der Waals surface area contributed by atoms with E-state index >= 15 is 0 Å². The van der Waals surface area contributed by atoms with E-state index in [-0.39, 0.29) is 18.4 Å². The summed E-state index contributed by atoms with van der Waals surface area (Å²) in [6, 6.07) is 16.7. The number of nitrogens with one attached hydrogen (secondary N) is 1. The third-order valence-electron chi connectivity index (χ3n) is 4.18. The third-order valence-corrected chi connectivity index (χ3v) is 4.18. The summed E-state index contributed by atoms with van der Waals surface area (Å²) in [6.45, 7) is 4.12. The molecule has 0 saturated carbocycles. The molecule has 0 radical (unpaired) electrons. The number of benzene rings is 2. The molecule has 0 bridgehead atoms. The Balaban J connectivity index is 2.45. The Labute approximate surface area is 153 Å². The number of rotatable bonds is 7. The monoisotopic (exact) mass is 349 g/mol. The van der Waals surface area contributed by atoms with Gasteiger partial charge in [-0.25, -0.2) is 0 Å². The topological polar surface area (TPSA) is 96.0 Å². The predicted octanol–water partition coefficient (Wildman–Crippen LogP) is 3.22. The highest BCUT2D eigenvalue weighted by molar-refractivity contribution is 5.93. The number of amides is 2. The molecule has 0 aliphatic carbocycles. The summed E-state index contributed by atoms with van der Waals surface area (Å²) in [5.74, 6) is -0.659. The van der Waals surface area contributed by atoms with Gasteiger partial charge in [-0.1, -0.05) is 50.2 Å². The van der Waals surface area contributed by atoms with Crippen LogP contribution in [0, 0.1) is 17.2 Å². The summed E-state index contributed by atoms with van der Waals surface area (Å²) in [6.07, 6.45) is 0.674. The Bertz CT molecular complexity index is 820. The number of primary amides is 1. The van der Waals surface area contributed by atoms with Gasteiger partial charge in [0.1, 0.15) is 6.54 Å². The van der Waals surface area contributed by atoms with E-state index < -0.39 is 5.91 Å². The van der Waals surface area contributed by atoms with Crippen LogP contribution in [0.15, 0.2) is 48.5 Å². The first-order valence-corrected chi connectivity index (χ1v) is 8.57. The first kappa shape index (κ1) is 19.2. The predicted molar refractivity (Wildman–Crippen MR) is 101 cm³/mol. The maximum atomic E-state index is 12.6. The molecule has 1 unspecified atom stereocenters. The molecule has 0 spiro atoms. The van der Waals surface area contributed by atoms with Crippen molar-refractivity contribution in [1.82, 2.24) is 5.32 Å². The van der Waals surface area contributed by atoms with Gasteiger partial charge in [0.15, 0.2) is 0 Å².